The van der Waals surface area contributed by atoms with E-state index >= 15 is 0 Å². The van der Waals surface area contributed by atoms with E-state index in [4.69, 9.17) is 17.7 Å². The van der Waals surface area contributed by atoms with Gasteiger partial charge >= 0.3 is 0 Å². The second-order valence-corrected chi connectivity index (χ2v) is 10.5. The Labute approximate surface area is 225 Å². The molecule has 4 nitrogen and oxygen atoms in total. The van der Waals surface area contributed by atoms with E-state index < -0.39 is 0 Å². The van der Waals surface area contributed by atoms with E-state index in [1.54, 1.807) is 0 Å². The largest absolute Gasteiger partial charge is 0.456 e. The van der Waals surface area contributed by atoms with Crippen LogP contribution in [0.15, 0.2) is 127 Å². The monoisotopic (exact) mass is 514 g/mol. The zero-order valence-corrected chi connectivity index (χ0v) is 21.0. The SMILES string of the molecule is c1ccc2c(c1)oc1cc3c(cc12)oc1ccc(-c2ccc4oc5c(ccc6oc7ccccc7c65)c4c2)cc13. The highest BCUT2D eigenvalue weighted by molar-refractivity contribution is 6.22. The molecular formula is C36H18O4. The lowest BCUT2D eigenvalue weighted by Crippen LogP contribution is -1.78. The van der Waals surface area contributed by atoms with E-state index in [1.165, 1.54) is 0 Å². The highest BCUT2D eigenvalue weighted by Crippen LogP contribution is 2.41. The van der Waals surface area contributed by atoms with Gasteiger partial charge in [0.2, 0.25) is 0 Å². The Morgan fingerprint density at radius 3 is 1.55 bits per heavy atom. The first-order chi connectivity index (χ1) is 19.8. The van der Waals surface area contributed by atoms with Crippen molar-refractivity contribution >= 4 is 87.8 Å². The summed E-state index contributed by atoms with van der Waals surface area (Å²) in [4.78, 5) is 0. The number of hydrogen-bond acceptors (Lipinski definition) is 4. The number of fused-ring (bicyclic) bond motifs is 13. The van der Waals surface area contributed by atoms with Gasteiger partial charge in [-0.1, -0.05) is 48.5 Å². The molecule has 186 valence electrons. The first-order valence-electron chi connectivity index (χ1n) is 13.3. The van der Waals surface area contributed by atoms with Gasteiger partial charge in [-0.3, -0.25) is 0 Å². The zero-order chi connectivity index (χ0) is 25.9. The second-order valence-electron chi connectivity index (χ2n) is 10.5. The highest BCUT2D eigenvalue weighted by atomic mass is 16.3. The van der Waals surface area contributed by atoms with Gasteiger partial charge in [-0.2, -0.15) is 0 Å². The molecule has 0 N–H and O–H groups in total. The first-order valence-corrected chi connectivity index (χ1v) is 13.3. The third-order valence-corrected chi connectivity index (χ3v) is 8.28. The fourth-order valence-corrected chi connectivity index (χ4v) is 6.40. The van der Waals surface area contributed by atoms with Crippen LogP contribution in [0, 0.1) is 0 Å². The van der Waals surface area contributed by atoms with Crippen LogP contribution < -0.4 is 0 Å². The van der Waals surface area contributed by atoms with Crippen LogP contribution in [-0.4, -0.2) is 0 Å². The number of rotatable bonds is 1. The highest BCUT2D eigenvalue weighted by Gasteiger charge is 2.17. The molecule has 6 aromatic carbocycles. The molecule has 0 amide bonds. The zero-order valence-electron chi connectivity index (χ0n) is 21.0. The lowest BCUT2D eigenvalue weighted by molar-refractivity contribution is 0.662. The minimum Gasteiger partial charge on any atom is -0.456 e. The summed E-state index contributed by atoms with van der Waals surface area (Å²) in [5, 5.41) is 8.54. The third-order valence-electron chi connectivity index (χ3n) is 8.28. The molecule has 4 aromatic heterocycles. The van der Waals surface area contributed by atoms with Crippen molar-refractivity contribution in [1.29, 1.82) is 0 Å². The molecule has 0 aliphatic heterocycles. The van der Waals surface area contributed by atoms with Gasteiger partial charge in [-0.25, -0.2) is 0 Å². The Hall–Kier alpha value is -5.48. The summed E-state index contributed by atoms with van der Waals surface area (Å²) >= 11 is 0. The van der Waals surface area contributed by atoms with Gasteiger partial charge in [-0.15, -0.1) is 0 Å². The Bertz CT molecular complexity index is 2660. The van der Waals surface area contributed by atoms with Gasteiger partial charge < -0.3 is 17.7 Å². The first kappa shape index (κ1) is 20.5. The minimum atomic E-state index is 0.837. The summed E-state index contributed by atoms with van der Waals surface area (Å²) in [6, 6.07) is 37.4. The van der Waals surface area contributed by atoms with Crippen LogP contribution >= 0.6 is 0 Å². The molecule has 0 radical (unpaired) electrons. The third kappa shape index (κ3) is 2.60. The number of hydrogen-bond donors (Lipinski definition) is 0. The van der Waals surface area contributed by atoms with Crippen molar-refractivity contribution in [1.82, 2.24) is 0 Å². The van der Waals surface area contributed by atoms with E-state index in [9.17, 15) is 0 Å². The fourth-order valence-electron chi connectivity index (χ4n) is 6.40. The molecule has 0 bridgehead atoms. The summed E-state index contributed by atoms with van der Waals surface area (Å²) < 4.78 is 25.0. The lowest BCUT2D eigenvalue weighted by Gasteiger charge is -2.02. The van der Waals surface area contributed by atoms with Crippen LogP contribution in [0.5, 0.6) is 0 Å². The molecule has 0 saturated carbocycles. The van der Waals surface area contributed by atoms with Crippen molar-refractivity contribution in [2.45, 2.75) is 0 Å². The van der Waals surface area contributed by atoms with Crippen molar-refractivity contribution in [3.8, 4) is 11.1 Å². The molecular weight excluding hydrogens is 496 g/mol. The molecule has 40 heavy (non-hydrogen) atoms. The Kier molecular flexibility index (Phi) is 3.65. The summed E-state index contributed by atoms with van der Waals surface area (Å²) in [6.45, 7) is 0. The van der Waals surface area contributed by atoms with Crippen molar-refractivity contribution in [2.24, 2.45) is 0 Å². The molecule has 4 heteroatoms. The smallest absolute Gasteiger partial charge is 0.147 e. The molecule has 0 aliphatic carbocycles. The quantitative estimate of drug-likeness (QED) is 0.219. The van der Waals surface area contributed by atoms with Gasteiger partial charge in [0.05, 0.1) is 5.39 Å². The van der Waals surface area contributed by atoms with Crippen LogP contribution in [-0.2, 0) is 0 Å². The number of furan rings is 4. The van der Waals surface area contributed by atoms with E-state index in [0.29, 0.717) is 0 Å². The lowest BCUT2D eigenvalue weighted by atomic mass is 10.00. The van der Waals surface area contributed by atoms with Crippen molar-refractivity contribution in [3.63, 3.8) is 0 Å². The van der Waals surface area contributed by atoms with Gasteiger partial charge in [0.1, 0.15) is 44.7 Å². The molecule has 10 aromatic rings. The Morgan fingerprint density at radius 1 is 0.300 bits per heavy atom. The second kappa shape index (κ2) is 7.13. The average Bonchev–Trinajstić information content (AvgIpc) is 3.74. The maximum Gasteiger partial charge on any atom is 0.147 e. The molecule has 0 spiro atoms. The van der Waals surface area contributed by atoms with Crippen LogP contribution in [0.1, 0.15) is 0 Å². The average molecular weight is 515 g/mol. The van der Waals surface area contributed by atoms with E-state index in [-0.39, 0.29) is 0 Å². The summed E-state index contributed by atoms with van der Waals surface area (Å²) in [7, 11) is 0. The molecule has 0 aliphatic rings. The van der Waals surface area contributed by atoms with E-state index in [0.717, 1.165) is 98.9 Å². The Morgan fingerprint density at radius 2 is 0.800 bits per heavy atom. The molecule has 4 heterocycles. The fraction of sp³-hybridized carbons (Fsp3) is 0. The molecule has 0 fully saturated rings. The maximum absolute atomic E-state index is 6.42. The molecule has 10 rings (SSSR count). The molecule has 0 unspecified atom stereocenters. The topological polar surface area (TPSA) is 52.6 Å². The van der Waals surface area contributed by atoms with Crippen LogP contribution in [0.2, 0.25) is 0 Å². The maximum atomic E-state index is 6.42. The summed E-state index contributed by atoms with van der Waals surface area (Å²) in [5.74, 6) is 0. The van der Waals surface area contributed by atoms with E-state index in [2.05, 4.69) is 66.7 Å². The van der Waals surface area contributed by atoms with Crippen molar-refractivity contribution in [2.75, 3.05) is 0 Å². The Balaban J connectivity index is 1.18. The van der Waals surface area contributed by atoms with Crippen LogP contribution in [0.25, 0.3) is 98.9 Å². The molecule has 0 saturated heterocycles. The van der Waals surface area contributed by atoms with Gasteiger partial charge in [0.25, 0.3) is 0 Å². The van der Waals surface area contributed by atoms with Crippen LogP contribution in [0.4, 0.5) is 0 Å². The minimum absolute atomic E-state index is 0.837. The normalized spacial score (nSPS) is 12.5. The standard InChI is InChI=1S/C36H18O4/c1-3-7-28-21(5-1)26-17-34-27(18-33(26)38-28)25-16-20(9-12-30(25)39-34)19-10-13-31-24(15-19)22-11-14-32-35(36(22)40-31)23-6-2-4-8-29(23)37-32/h1-18H. The van der Waals surface area contributed by atoms with Crippen molar-refractivity contribution in [3.05, 3.63) is 109 Å². The summed E-state index contributed by atoms with van der Waals surface area (Å²) in [5.41, 5.74) is 9.13. The van der Waals surface area contributed by atoms with Gasteiger partial charge in [-0.05, 0) is 71.8 Å². The summed E-state index contributed by atoms with van der Waals surface area (Å²) in [6.07, 6.45) is 0. The predicted molar refractivity (Wildman–Crippen MR) is 161 cm³/mol. The molecule has 0 atom stereocenters. The van der Waals surface area contributed by atoms with Crippen LogP contribution in [0.3, 0.4) is 0 Å². The van der Waals surface area contributed by atoms with E-state index in [1.807, 2.05) is 42.5 Å². The van der Waals surface area contributed by atoms with Crippen molar-refractivity contribution < 1.29 is 17.7 Å². The predicted octanol–water partition coefficient (Wildman–Crippen LogP) is 11.0. The number of para-hydroxylation sites is 2. The number of benzene rings is 6. The van der Waals surface area contributed by atoms with Gasteiger partial charge in [0.15, 0.2) is 0 Å². The van der Waals surface area contributed by atoms with Gasteiger partial charge in [0, 0.05) is 37.7 Å².